The summed E-state index contributed by atoms with van der Waals surface area (Å²) >= 11 is 0. The van der Waals surface area contributed by atoms with Gasteiger partial charge < -0.3 is 10.4 Å². The number of aliphatic hydroxyl groups excluding tert-OH is 1. The standard InChI is InChI=1S/C16H23F2NO2/c1-11(2)8-14(20)10-19-16(21)5-3-4-12-9-13(17)6-7-15(12)18/h6-7,9,11,14,20H,3-5,8,10H2,1-2H3,(H,19,21). The van der Waals surface area contributed by atoms with E-state index in [1.54, 1.807) is 0 Å². The maximum Gasteiger partial charge on any atom is 0.220 e. The van der Waals surface area contributed by atoms with E-state index in [0.717, 1.165) is 18.2 Å². The number of rotatable bonds is 8. The van der Waals surface area contributed by atoms with Crippen molar-refractivity contribution in [3.05, 3.63) is 35.4 Å². The second kappa shape index (κ2) is 8.72. The van der Waals surface area contributed by atoms with Gasteiger partial charge in [-0.1, -0.05) is 13.8 Å². The molecule has 0 bridgehead atoms. The van der Waals surface area contributed by atoms with Gasteiger partial charge in [0.05, 0.1) is 6.10 Å². The number of aliphatic hydroxyl groups is 1. The Kier molecular flexibility index (Phi) is 7.29. The molecule has 0 aromatic heterocycles. The van der Waals surface area contributed by atoms with Gasteiger partial charge in [-0.3, -0.25) is 4.79 Å². The van der Waals surface area contributed by atoms with Crippen LogP contribution in [-0.4, -0.2) is 23.7 Å². The molecule has 0 spiro atoms. The minimum absolute atomic E-state index is 0.186. The van der Waals surface area contributed by atoms with Crippen molar-refractivity contribution in [2.75, 3.05) is 6.54 Å². The van der Waals surface area contributed by atoms with Crippen LogP contribution in [-0.2, 0) is 11.2 Å². The van der Waals surface area contributed by atoms with Crippen molar-refractivity contribution >= 4 is 5.91 Å². The summed E-state index contributed by atoms with van der Waals surface area (Å²) in [7, 11) is 0. The van der Waals surface area contributed by atoms with E-state index in [9.17, 15) is 18.7 Å². The maximum atomic E-state index is 13.4. The molecule has 0 fully saturated rings. The minimum Gasteiger partial charge on any atom is -0.391 e. The number of carbonyl (C=O) groups excluding carboxylic acids is 1. The lowest BCUT2D eigenvalue weighted by atomic mass is 10.1. The van der Waals surface area contributed by atoms with Crippen molar-refractivity contribution in [2.45, 2.75) is 45.6 Å². The van der Waals surface area contributed by atoms with Crippen molar-refractivity contribution in [1.29, 1.82) is 0 Å². The Morgan fingerprint density at radius 2 is 2.05 bits per heavy atom. The van der Waals surface area contributed by atoms with Crippen LogP contribution in [0.5, 0.6) is 0 Å². The lowest BCUT2D eigenvalue weighted by Crippen LogP contribution is -2.32. The topological polar surface area (TPSA) is 49.3 Å². The molecule has 0 heterocycles. The molecule has 1 unspecified atom stereocenters. The second-order valence-electron chi connectivity index (χ2n) is 5.68. The lowest BCUT2D eigenvalue weighted by molar-refractivity contribution is -0.121. The Morgan fingerprint density at radius 1 is 1.33 bits per heavy atom. The molecule has 0 aliphatic heterocycles. The van der Waals surface area contributed by atoms with Gasteiger partial charge in [0, 0.05) is 13.0 Å². The maximum absolute atomic E-state index is 13.4. The number of hydrogen-bond acceptors (Lipinski definition) is 2. The second-order valence-corrected chi connectivity index (χ2v) is 5.68. The summed E-state index contributed by atoms with van der Waals surface area (Å²) in [4.78, 5) is 11.6. The molecule has 1 aromatic rings. The summed E-state index contributed by atoms with van der Waals surface area (Å²) in [6.45, 7) is 4.22. The van der Waals surface area contributed by atoms with Crippen molar-refractivity contribution in [3.63, 3.8) is 0 Å². The number of carbonyl (C=O) groups is 1. The predicted octanol–water partition coefficient (Wildman–Crippen LogP) is 2.81. The summed E-state index contributed by atoms with van der Waals surface area (Å²) in [6, 6.07) is 3.31. The number of nitrogens with one attached hydrogen (secondary N) is 1. The monoisotopic (exact) mass is 299 g/mol. The van der Waals surface area contributed by atoms with Crippen LogP contribution in [0.3, 0.4) is 0 Å². The van der Waals surface area contributed by atoms with Crippen LogP contribution in [0.1, 0.15) is 38.7 Å². The molecule has 5 heteroatoms. The van der Waals surface area contributed by atoms with E-state index in [0.29, 0.717) is 25.2 Å². The highest BCUT2D eigenvalue weighted by Crippen LogP contribution is 2.12. The molecule has 2 N–H and O–H groups in total. The van der Waals surface area contributed by atoms with Crippen LogP contribution in [0.15, 0.2) is 18.2 Å². The van der Waals surface area contributed by atoms with E-state index < -0.39 is 17.7 Å². The van der Waals surface area contributed by atoms with Crippen LogP contribution in [0.4, 0.5) is 8.78 Å². The third-order valence-corrected chi connectivity index (χ3v) is 3.14. The van der Waals surface area contributed by atoms with E-state index in [-0.39, 0.29) is 24.4 Å². The number of benzene rings is 1. The van der Waals surface area contributed by atoms with Crippen LogP contribution in [0.25, 0.3) is 0 Å². The van der Waals surface area contributed by atoms with Gasteiger partial charge in [-0.2, -0.15) is 0 Å². The zero-order valence-corrected chi connectivity index (χ0v) is 12.5. The number of halogens is 2. The molecule has 1 atom stereocenters. The summed E-state index contributed by atoms with van der Waals surface area (Å²) in [5.74, 6) is -0.751. The van der Waals surface area contributed by atoms with Crippen LogP contribution < -0.4 is 5.32 Å². The summed E-state index contributed by atoms with van der Waals surface area (Å²) in [5.41, 5.74) is 0.280. The summed E-state index contributed by atoms with van der Waals surface area (Å²) < 4.78 is 26.3. The molecule has 1 rings (SSSR count). The molecule has 118 valence electrons. The SMILES string of the molecule is CC(C)CC(O)CNC(=O)CCCc1cc(F)ccc1F. The molecular weight excluding hydrogens is 276 g/mol. The lowest BCUT2D eigenvalue weighted by Gasteiger charge is -2.13. The van der Waals surface area contributed by atoms with Gasteiger partial charge in [0.1, 0.15) is 11.6 Å². The van der Waals surface area contributed by atoms with Crippen molar-refractivity contribution in [2.24, 2.45) is 5.92 Å². The predicted molar refractivity (Wildman–Crippen MR) is 77.8 cm³/mol. The molecule has 0 aliphatic rings. The van der Waals surface area contributed by atoms with Gasteiger partial charge in [-0.15, -0.1) is 0 Å². The first-order valence-corrected chi connectivity index (χ1v) is 7.27. The van der Waals surface area contributed by atoms with Crippen molar-refractivity contribution < 1.29 is 18.7 Å². The van der Waals surface area contributed by atoms with E-state index in [4.69, 9.17) is 0 Å². The highest BCUT2D eigenvalue weighted by Gasteiger charge is 2.10. The summed E-state index contributed by atoms with van der Waals surface area (Å²) in [5, 5.41) is 12.3. The Labute approximate surface area is 124 Å². The third-order valence-electron chi connectivity index (χ3n) is 3.14. The first-order chi connectivity index (χ1) is 9.88. The molecular formula is C16H23F2NO2. The zero-order chi connectivity index (χ0) is 15.8. The van der Waals surface area contributed by atoms with Crippen LogP contribution >= 0.6 is 0 Å². The average Bonchev–Trinajstić information content (AvgIpc) is 2.39. The molecule has 1 aromatic carbocycles. The van der Waals surface area contributed by atoms with Crippen LogP contribution in [0.2, 0.25) is 0 Å². The Morgan fingerprint density at radius 3 is 2.71 bits per heavy atom. The first kappa shape index (κ1) is 17.6. The van der Waals surface area contributed by atoms with Crippen molar-refractivity contribution in [3.8, 4) is 0 Å². The highest BCUT2D eigenvalue weighted by molar-refractivity contribution is 5.75. The molecule has 1 amide bonds. The summed E-state index contributed by atoms with van der Waals surface area (Å²) in [6.07, 6.45) is 1.06. The molecule has 21 heavy (non-hydrogen) atoms. The molecule has 0 saturated heterocycles. The fraction of sp³-hybridized carbons (Fsp3) is 0.562. The largest absolute Gasteiger partial charge is 0.391 e. The van der Waals surface area contributed by atoms with Crippen LogP contribution in [0, 0.1) is 17.6 Å². The quantitative estimate of drug-likeness (QED) is 0.775. The molecule has 0 saturated carbocycles. The normalized spacial score (nSPS) is 12.5. The average molecular weight is 299 g/mol. The molecule has 0 aliphatic carbocycles. The van der Waals surface area contributed by atoms with Gasteiger partial charge in [0.2, 0.25) is 5.91 Å². The number of aryl methyl sites for hydroxylation is 1. The van der Waals surface area contributed by atoms with Gasteiger partial charge in [-0.25, -0.2) is 8.78 Å². The van der Waals surface area contributed by atoms with Gasteiger partial charge in [-0.05, 0) is 48.9 Å². The third kappa shape index (κ3) is 7.18. The fourth-order valence-electron chi connectivity index (χ4n) is 2.12. The van der Waals surface area contributed by atoms with Gasteiger partial charge in [0.25, 0.3) is 0 Å². The van der Waals surface area contributed by atoms with E-state index >= 15 is 0 Å². The van der Waals surface area contributed by atoms with E-state index in [1.165, 1.54) is 0 Å². The smallest absolute Gasteiger partial charge is 0.220 e. The Bertz CT molecular complexity index is 464. The first-order valence-electron chi connectivity index (χ1n) is 7.27. The van der Waals surface area contributed by atoms with E-state index in [2.05, 4.69) is 5.32 Å². The Balaban J connectivity index is 2.26. The Hall–Kier alpha value is -1.49. The van der Waals surface area contributed by atoms with Gasteiger partial charge in [0.15, 0.2) is 0 Å². The molecule has 0 radical (unpaired) electrons. The minimum atomic E-state index is -0.547. The molecule has 3 nitrogen and oxygen atoms in total. The van der Waals surface area contributed by atoms with E-state index in [1.807, 2.05) is 13.8 Å². The zero-order valence-electron chi connectivity index (χ0n) is 12.5. The fourth-order valence-corrected chi connectivity index (χ4v) is 2.12. The highest BCUT2D eigenvalue weighted by atomic mass is 19.1. The van der Waals surface area contributed by atoms with Crippen molar-refractivity contribution in [1.82, 2.24) is 5.32 Å². The number of hydrogen-bond donors (Lipinski definition) is 2. The number of amides is 1. The van der Waals surface area contributed by atoms with Gasteiger partial charge >= 0.3 is 0 Å².